The fourth-order valence-electron chi connectivity index (χ4n) is 1.57. The average molecular weight is 301 g/mol. The molecular weight excluding hydrogens is 293 g/mol. The van der Waals surface area contributed by atoms with Crippen molar-refractivity contribution < 1.29 is 22.7 Å². The van der Waals surface area contributed by atoms with Crippen LogP contribution in [-0.4, -0.2) is 5.97 Å². The molecule has 0 spiro atoms. The summed E-state index contributed by atoms with van der Waals surface area (Å²) in [6.07, 6.45) is 0. The lowest BCUT2D eigenvalue weighted by atomic mass is 10.2. The van der Waals surface area contributed by atoms with E-state index in [1.54, 1.807) is 13.0 Å². The molecule has 2 nitrogen and oxygen atoms in total. The largest absolute Gasteiger partial charge is 0.423 e. The lowest BCUT2D eigenvalue weighted by molar-refractivity contribution is 0.0727. The minimum absolute atomic E-state index is 0.156. The van der Waals surface area contributed by atoms with Crippen molar-refractivity contribution in [2.24, 2.45) is 0 Å². The molecule has 0 heterocycles. The van der Waals surface area contributed by atoms with Gasteiger partial charge in [0.2, 0.25) is 0 Å². The zero-order valence-corrected chi connectivity index (χ0v) is 11.0. The van der Waals surface area contributed by atoms with Gasteiger partial charge >= 0.3 is 5.97 Å². The Hall–Kier alpha value is -2.01. The SMILES string of the molecule is Cc1cc(Cl)ccc1OC(=O)c1ccc(F)c(F)c1F. The molecule has 0 bridgehead atoms. The van der Waals surface area contributed by atoms with E-state index in [-0.39, 0.29) is 5.75 Å². The molecule has 20 heavy (non-hydrogen) atoms. The third kappa shape index (κ3) is 2.77. The highest BCUT2D eigenvalue weighted by atomic mass is 35.5. The van der Waals surface area contributed by atoms with Crippen LogP contribution in [0.15, 0.2) is 30.3 Å². The Bertz CT molecular complexity index is 686. The molecule has 0 aliphatic rings. The molecule has 0 fully saturated rings. The third-order valence-electron chi connectivity index (χ3n) is 2.59. The second-order valence-corrected chi connectivity index (χ2v) is 4.46. The normalized spacial score (nSPS) is 10.4. The monoisotopic (exact) mass is 300 g/mol. The van der Waals surface area contributed by atoms with Crippen LogP contribution in [-0.2, 0) is 0 Å². The summed E-state index contributed by atoms with van der Waals surface area (Å²) in [5.74, 6) is -5.63. The fraction of sp³-hybridized carbons (Fsp3) is 0.0714. The first-order valence-electron chi connectivity index (χ1n) is 5.52. The number of ether oxygens (including phenoxy) is 1. The Morgan fingerprint density at radius 1 is 1.10 bits per heavy atom. The molecule has 0 unspecified atom stereocenters. The Morgan fingerprint density at radius 3 is 2.45 bits per heavy atom. The Morgan fingerprint density at radius 2 is 1.80 bits per heavy atom. The van der Waals surface area contributed by atoms with Gasteiger partial charge in [-0.3, -0.25) is 0 Å². The summed E-state index contributed by atoms with van der Waals surface area (Å²) in [7, 11) is 0. The molecular formula is C14H8ClF3O2. The first-order valence-corrected chi connectivity index (χ1v) is 5.89. The Kier molecular flexibility index (Phi) is 3.99. The molecule has 0 aliphatic carbocycles. The summed E-state index contributed by atoms with van der Waals surface area (Å²) < 4.78 is 44.2. The molecule has 0 aliphatic heterocycles. The van der Waals surface area contributed by atoms with E-state index in [2.05, 4.69) is 0 Å². The highest BCUT2D eigenvalue weighted by Crippen LogP contribution is 2.24. The third-order valence-corrected chi connectivity index (χ3v) is 2.83. The smallest absolute Gasteiger partial charge is 0.346 e. The molecule has 2 aromatic rings. The molecule has 0 aromatic heterocycles. The van der Waals surface area contributed by atoms with Gasteiger partial charge in [0.1, 0.15) is 5.75 Å². The molecule has 104 valence electrons. The van der Waals surface area contributed by atoms with Crippen molar-refractivity contribution in [3.8, 4) is 5.75 Å². The highest BCUT2D eigenvalue weighted by molar-refractivity contribution is 6.30. The number of halogens is 4. The average Bonchev–Trinajstić information content (AvgIpc) is 2.39. The molecule has 0 radical (unpaired) electrons. The van der Waals surface area contributed by atoms with E-state index in [1.807, 2.05) is 0 Å². The van der Waals surface area contributed by atoms with Gasteiger partial charge < -0.3 is 4.74 Å². The van der Waals surface area contributed by atoms with Crippen LogP contribution in [0.1, 0.15) is 15.9 Å². The van der Waals surface area contributed by atoms with Crippen molar-refractivity contribution in [3.63, 3.8) is 0 Å². The predicted octanol–water partition coefficient (Wildman–Crippen LogP) is 4.28. The van der Waals surface area contributed by atoms with Crippen LogP contribution >= 0.6 is 11.6 Å². The zero-order valence-electron chi connectivity index (χ0n) is 10.2. The number of hydrogen-bond acceptors (Lipinski definition) is 2. The number of rotatable bonds is 2. The molecule has 0 atom stereocenters. The second-order valence-electron chi connectivity index (χ2n) is 4.02. The van der Waals surface area contributed by atoms with Crippen LogP contribution in [0, 0.1) is 24.4 Å². The van der Waals surface area contributed by atoms with E-state index in [9.17, 15) is 18.0 Å². The first kappa shape index (κ1) is 14.4. The standard InChI is InChI=1S/C14H8ClF3O2/c1-7-6-8(15)2-5-11(7)20-14(19)9-3-4-10(16)13(18)12(9)17/h2-6H,1H3. The van der Waals surface area contributed by atoms with Crippen molar-refractivity contribution in [3.05, 3.63) is 63.9 Å². The van der Waals surface area contributed by atoms with Crippen molar-refractivity contribution in [2.45, 2.75) is 6.92 Å². The number of hydrogen-bond donors (Lipinski definition) is 0. The number of carbonyl (C=O) groups is 1. The number of carbonyl (C=O) groups excluding carboxylic acids is 1. The molecule has 0 amide bonds. The molecule has 0 saturated heterocycles. The second kappa shape index (κ2) is 5.54. The summed E-state index contributed by atoms with van der Waals surface area (Å²) in [4.78, 5) is 11.8. The maximum Gasteiger partial charge on any atom is 0.346 e. The maximum absolute atomic E-state index is 13.4. The van der Waals surface area contributed by atoms with Gasteiger partial charge in [-0.15, -0.1) is 0 Å². The quantitative estimate of drug-likeness (QED) is 0.470. The van der Waals surface area contributed by atoms with Gasteiger partial charge in [-0.2, -0.15) is 0 Å². The van der Waals surface area contributed by atoms with Gasteiger partial charge in [-0.1, -0.05) is 11.6 Å². The van der Waals surface area contributed by atoms with Crippen molar-refractivity contribution in [1.82, 2.24) is 0 Å². The fourth-order valence-corrected chi connectivity index (χ4v) is 1.79. The molecule has 0 saturated carbocycles. The summed E-state index contributed by atoms with van der Waals surface area (Å²) >= 11 is 5.74. The minimum Gasteiger partial charge on any atom is -0.423 e. The lowest BCUT2D eigenvalue weighted by Crippen LogP contribution is -2.13. The molecule has 2 rings (SSSR count). The number of aryl methyl sites for hydroxylation is 1. The first-order chi connectivity index (χ1) is 9.40. The van der Waals surface area contributed by atoms with Gasteiger partial charge in [0.15, 0.2) is 17.5 Å². The van der Waals surface area contributed by atoms with Gasteiger partial charge in [0.25, 0.3) is 0 Å². The van der Waals surface area contributed by atoms with Gasteiger partial charge in [0, 0.05) is 5.02 Å². The van der Waals surface area contributed by atoms with E-state index in [0.717, 1.165) is 6.07 Å². The number of esters is 1. The predicted molar refractivity (Wildman–Crippen MR) is 67.5 cm³/mol. The van der Waals surface area contributed by atoms with E-state index in [4.69, 9.17) is 16.3 Å². The number of benzene rings is 2. The van der Waals surface area contributed by atoms with Crippen LogP contribution in [0.2, 0.25) is 5.02 Å². The highest BCUT2D eigenvalue weighted by Gasteiger charge is 2.20. The maximum atomic E-state index is 13.4. The lowest BCUT2D eigenvalue weighted by Gasteiger charge is -2.08. The van der Waals surface area contributed by atoms with Crippen LogP contribution < -0.4 is 4.74 Å². The van der Waals surface area contributed by atoms with E-state index < -0.39 is 29.0 Å². The summed E-state index contributed by atoms with van der Waals surface area (Å²) in [6, 6.07) is 5.93. The Labute approximate surface area is 117 Å². The van der Waals surface area contributed by atoms with Crippen molar-refractivity contribution >= 4 is 17.6 Å². The topological polar surface area (TPSA) is 26.3 Å². The molecule has 2 aromatic carbocycles. The van der Waals surface area contributed by atoms with E-state index >= 15 is 0 Å². The van der Waals surface area contributed by atoms with Gasteiger partial charge in [-0.25, -0.2) is 18.0 Å². The van der Waals surface area contributed by atoms with E-state index in [0.29, 0.717) is 16.7 Å². The van der Waals surface area contributed by atoms with Crippen LogP contribution in [0.5, 0.6) is 5.75 Å². The molecule has 0 N–H and O–H groups in total. The Balaban J connectivity index is 2.31. The van der Waals surface area contributed by atoms with Gasteiger partial charge in [0.05, 0.1) is 5.56 Å². The van der Waals surface area contributed by atoms with Crippen molar-refractivity contribution in [2.75, 3.05) is 0 Å². The van der Waals surface area contributed by atoms with Crippen molar-refractivity contribution in [1.29, 1.82) is 0 Å². The minimum atomic E-state index is -1.72. The van der Waals surface area contributed by atoms with Crippen LogP contribution in [0.25, 0.3) is 0 Å². The van der Waals surface area contributed by atoms with E-state index in [1.165, 1.54) is 12.1 Å². The molecule has 6 heteroatoms. The summed E-state index contributed by atoms with van der Waals surface area (Å²) in [5, 5.41) is 0.446. The van der Waals surface area contributed by atoms with Gasteiger partial charge in [-0.05, 0) is 42.8 Å². The van der Waals surface area contributed by atoms with Crippen LogP contribution in [0.4, 0.5) is 13.2 Å². The van der Waals surface area contributed by atoms with Crippen LogP contribution in [0.3, 0.4) is 0 Å². The summed E-state index contributed by atoms with van der Waals surface area (Å²) in [6.45, 7) is 1.64. The zero-order chi connectivity index (χ0) is 14.9. The summed E-state index contributed by atoms with van der Waals surface area (Å²) in [5.41, 5.74) is -0.132.